The molecule has 1 aliphatic heterocycles. The third kappa shape index (κ3) is 7.34. The van der Waals surface area contributed by atoms with Gasteiger partial charge in [-0.1, -0.05) is 51.1 Å². The lowest BCUT2D eigenvalue weighted by Crippen LogP contribution is -2.63. The number of rotatable bonds is 11. The van der Waals surface area contributed by atoms with E-state index in [1.165, 1.54) is 6.42 Å². The number of carbonyl (C=O) groups is 2. The molecule has 2 aromatic carbocycles. The first-order valence-corrected chi connectivity index (χ1v) is 17.1. The lowest BCUT2D eigenvalue weighted by Gasteiger charge is -2.62. The Morgan fingerprint density at radius 3 is 2.39 bits per heavy atom. The number of fused-ring (bicyclic) bond motifs is 2. The first-order chi connectivity index (χ1) is 21.9. The third-order valence-corrected chi connectivity index (χ3v) is 11.4. The molecule has 0 spiro atoms. The zero-order valence-corrected chi connectivity index (χ0v) is 28.2. The number of aliphatic hydroxyl groups excluding tert-OH is 3. The molecule has 3 saturated carbocycles. The molecular weight excluding hydrogens is 580 g/mol. The van der Waals surface area contributed by atoms with Crippen LogP contribution in [-0.2, 0) is 11.3 Å². The van der Waals surface area contributed by atoms with Crippen molar-refractivity contribution in [2.75, 3.05) is 39.8 Å². The predicted octanol–water partition coefficient (Wildman–Crippen LogP) is 3.13. The summed E-state index contributed by atoms with van der Waals surface area (Å²) >= 11 is 0. The maximum absolute atomic E-state index is 13.9. The Kier molecular flexibility index (Phi) is 10.9. The smallest absolute Gasteiger partial charge is 0.253 e. The van der Waals surface area contributed by atoms with Crippen LogP contribution in [0.2, 0.25) is 0 Å². The molecule has 3 aliphatic carbocycles. The van der Waals surface area contributed by atoms with Crippen LogP contribution >= 0.6 is 0 Å². The van der Waals surface area contributed by atoms with Gasteiger partial charge in [0.15, 0.2) is 0 Å². The van der Waals surface area contributed by atoms with Crippen molar-refractivity contribution in [2.24, 2.45) is 29.1 Å². The molecule has 6 rings (SSSR count). The van der Waals surface area contributed by atoms with Gasteiger partial charge in [0.05, 0.1) is 24.9 Å². The maximum atomic E-state index is 13.9. The SMILES string of the molecule is CC(O)C(C(NCc1cccc(-c2cccc(C(=O)N3CCCN(C)CC3)c2)c1)C(=O)N[C@H]1C[C@H]2C[C@@H]([C@@H]1C)C2(C)C)[C@@H](O)CO. The number of benzene rings is 2. The zero-order valence-electron chi connectivity index (χ0n) is 28.2. The van der Waals surface area contributed by atoms with Crippen LogP contribution in [0.3, 0.4) is 0 Å². The van der Waals surface area contributed by atoms with Crippen molar-refractivity contribution in [1.29, 1.82) is 0 Å². The van der Waals surface area contributed by atoms with Crippen molar-refractivity contribution in [3.05, 3.63) is 59.7 Å². The van der Waals surface area contributed by atoms with E-state index in [9.17, 15) is 24.9 Å². The molecule has 9 nitrogen and oxygen atoms in total. The van der Waals surface area contributed by atoms with Crippen molar-refractivity contribution < 1.29 is 24.9 Å². The Morgan fingerprint density at radius 2 is 1.72 bits per heavy atom. The number of likely N-dealkylation sites (N-methyl/N-ethyl adjacent to an activating group) is 1. The summed E-state index contributed by atoms with van der Waals surface area (Å²) in [5, 5.41) is 37.8. The van der Waals surface area contributed by atoms with Crippen molar-refractivity contribution in [3.8, 4) is 11.1 Å². The Hall–Kier alpha value is -2.82. The summed E-state index contributed by atoms with van der Waals surface area (Å²) in [6, 6.07) is 14.8. The summed E-state index contributed by atoms with van der Waals surface area (Å²) in [5.41, 5.74) is 3.75. The molecule has 0 aromatic heterocycles. The topological polar surface area (TPSA) is 125 Å². The molecule has 5 N–H and O–H groups in total. The summed E-state index contributed by atoms with van der Waals surface area (Å²) in [5.74, 6) is 0.335. The van der Waals surface area contributed by atoms with E-state index in [0.29, 0.717) is 36.4 Å². The van der Waals surface area contributed by atoms with Crippen LogP contribution in [0.5, 0.6) is 0 Å². The number of carbonyl (C=O) groups excluding carboxylic acids is 2. The fourth-order valence-corrected chi connectivity index (χ4v) is 8.31. The summed E-state index contributed by atoms with van der Waals surface area (Å²) in [4.78, 5) is 31.4. The van der Waals surface area contributed by atoms with Crippen LogP contribution in [0.4, 0.5) is 0 Å². The van der Waals surface area contributed by atoms with Crippen LogP contribution in [0.15, 0.2) is 48.5 Å². The van der Waals surface area contributed by atoms with Gasteiger partial charge in [0, 0.05) is 43.7 Å². The Bertz CT molecular complexity index is 1360. The molecule has 46 heavy (non-hydrogen) atoms. The third-order valence-electron chi connectivity index (χ3n) is 11.4. The minimum absolute atomic E-state index is 0.0306. The molecule has 2 aromatic rings. The van der Waals surface area contributed by atoms with Gasteiger partial charge in [0.25, 0.3) is 5.91 Å². The van der Waals surface area contributed by atoms with Gasteiger partial charge >= 0.3 is 0 Å². The van der Waals surface area contributed by atoms with Crippen LogP contribution in [0, 0.1) is 29.1 Å². The first kappa shape index (κ1) is 34.5. The predicted molar refractivity (Wildman–Crippen MR) is 180 cm³/mol. The number of nitrogens with one attached hydrogen (secondary N) is 2. The van der Waals surface area contributed by atoms with Crippen LogP contribution in [0.25, 0.3) is 11.1 Å². The van der Waals surface area contributed by atoms with Crippen molar-refractivity contribution >= 4 is 11.8 Å². The largest absolute Gasteiger partial charge is 0.394 e. The highest BCUT2D eigenvalue weighted by molar-refractivity contribution is 5.95. The molecule has 4 fully saturated rings. The second kappa shape index (κ2) is 14.5. The lowest BCUT2D eigenvalue weighted by atomic mass is 9.45. The summed E-state index contributed by atoms with van der Waals surface area (Å²) < 4.78 is 0. The minimum Gasteiger partial charge on any atom is -0.394 e. The van der Waals surface area contributed by atoms with Gasteiger partial charge < -0.3 is 35.8 Å². The van der Waals surface area contributed by atoms with E-state index in [1.54, 1.807) is 6.92 Å². The second-order valence-electron chi connectivity index (χ2n) is 14.7. The summed E-state index contributed by atoms with van der Waals surface area (Å²) in [6.07, 6.45) is 0.780. The van der Waals surface area contributed by atoms with E-state index in [0.717, 1.165) is 49.2 Å². The first-order valence-electron chi connectivity index (χ1n) is 17.1. The monoisotopic (exact) mass is 634 g/mol. The molecule has 1 heterocycles. The fourth-order valence-electron chi connectivity index (χ4n) is 8.31. The van der Waals surface area contributed by atoms with E-state index >= 15 is 0 Å². The molecule has 2 bridgehead atoms. The summed E-state index contributed by atoms with van der Waals surface area (Å²) in [6.45, 7) is 11.5. The number of aliphatic hydroxyl groups is 3. The molecule has 252 valence electrons. The van der Waals surface area contributed by atoms with Crippen molar-refractivity contribution in [1.82, 2.24) is 20.4 Å². The average Bonchev–Trinajstić information content (AvgIpc) is 3.27. The lowest BCUT2D eigenvalue weighted by molar-refractivity contribution is -0.139. The highest BCUT2D eigenvalue weighted by Crippen LogP contribution is 2.61. The van der Waals surface area contributed by atoms with Gasteiger partial charge in [-0.3, -0.25) is 9.59 Å². The molecular formula is C37H54N4O5. The second-order valence-corrected chi connectivity index (χ2v) is 14.7. The Labute approximate surface area is 274 Å². The summed E-state index contributed by atoms with van der Waals surface area (Å²) in [7, 11) is 2.09. The van der Waals surface area contributed by atoms with Gasteiger partial charge in [-0.05, 0) is 97.8 Å². The standard InChI is InChI=1S/C37H54N4O5/c1-23-30-19-29(37(30,3)4)20-31(23)39-35(45)34(33(24(2)43)32(44)22-42)38-21-25-9-6-10-26(17-25)27-11-7-12-28(18-27)36(46)41-14-8-13-40(5)15-16-41/h6-7,9-12,17-18,23-24,29-34,38,42-44H,8,13-16,19-22H2,1-5H3,(H,39,45)/t23-,24?,29+,30-,31-,32-,33?,34?/m0/s1. The molecule has 4 aliphatic rings. The fraction of sp³-hybridized carbons (Fsp3) is 0.622. The highest BCUT2D eigenvalue weighted by Gasteiger charge is 2.56. The number of hydrogen-bond donors (Lipinski definition) is 5. The van der Waals surface area contributed by atoms with Gasteiger partial charge in [0.1, 0.15) is 0 Å². The molecule has 9 heteroatoms. The quantitative estimate of drug-likeness (QED) is 0.257. The minimum atomic E-state index is -1.27. The molecule has 3 unspecified atom stereocenters. The molecule has 2 amide bonds. The average molecular weight is 635 g/mol. The normalized spacial score (nSPS) is 27.1. The van der Waals surface area contributed by atoms with Crippen LogP contribution < -0.4 is 10.6 Å². The van der Waals surface area contributed by atoms with E-state index in [-0.39, 0.29) is 23.3 Å². The van der Waals surface area contributed by atoms with Gasteiger partial charge in [-0.2, -0.15) is 0 Å². The number of nitrogens with zero attached hydrogens (tertiary/aromatic N) is 2. The van der Waals surface area contributed by atoms with Gasteiger partial charge in [0.2, 0.25) is 5.91 Å². The zero-order chi connectivity index (χ0) is 33.2. The maximum Gasteiger partial charge on any atom is 0.253 e. The van der Waals surface area contributed by atoms with E-state index in [4.69, 9.17) is 0 Å². The van der Waals surface area contributed by atoms with E-state index in [1.807, 2.05) is 53.4 Å². The van der Waals surface area contributed by atoms with Gasteiger partial charge in [-0.25, -0.2) is 0 Å². The van der Waals surface area contributed by atoms with Crippen LogP contribution in [0.1, 0.15) is 62.9 Å². The molecule has 0 radical (unpaired) electrons. The number of amides is 2. The highest BCUT2D eigenvalue weighted by atomic mass is 16.3. The number of hydrogen-bond acceptors (Lipinski definition) is 7. The Morgan fingerprint density at radius 1 is 1.00 bits per heavy atom. The molecule has 1 saturated heterocycles. The van der Waals surface area contributed by atoms with E-state index < -0.39 is 30.8 Å². The van der Waals surface area contributed by atoms with E-state index in [2.05, 4.69) is 43.4 Å². The van der Waals surface area contributed by atoms with Crippen molar-refractivity contribution in [3.63, 3.8) is 0 Å². The van der Waals surface area contributed by atoms with Gasteiger partial charge in [-0.15, -0.1) is 0 Å². The van der Waals surface area contributed by atoms with Crippen LogP contribution in [-0.4, -0.2) is 101 Å². The Balaban J connectivity index is 1.31. The molecule has 8 atom stereocenters. The van der Waals surface area contributed by atoms with Crippen molar-refractivity contribution in [2.45, 2.75) is 77.8 Å².